The van der Waals surface area contributed by atoms with Gasteiger partial charge in [0.15, 0.2) is 11.5 Å². The minimum Gasteiger partial charge on any atom is -0.478 e. The van der Waals surface area contributed by atoms with Crippen LogP contribution in [0.15, 0.2) is 42.6 Å². The molecule has 4 aliphatic rings. The molecule has 0 radical (unpaired) electrons. The molecule has 222 valence electrons. The van der Waals surface area contributed by atoms with E-state index in [2.05, 4.69) is 9.88 Å². The number of imidazole rings is 1. The number of pyridine rings is 1. The zero-order valence-corrected chi connectivity index (χ0v) is 24.6. The number of benzene rings is 2. The fourth-order valence-corrected chi connectivity index (χ4v) is 7.28. The van der Waals surface area contributed by atoms with Crippen molar-refractivity contribution in [2.45, 2.75) is 44.2 Å². The summed E-state index contributed by atoms with van der Waals surface area (Å²) >= 11 is 12.5. The van der Waals surface area contributed by atoms with Gasteiger partial charge in [0.25, 0.3) is 5.79 Å². The van der Waals surface area contributed by atoms with Gasteiger partial charge in [-0.3, -0.25) is 9.88 Å². The highest BCUT2D eigenvalue weighted by Crippen LogP contribution is 2.63. The van der Waals surface area contributed by atoms with Gasteiger partial charge in [0.1, 0.15) is 22.9 Å². The van der Waals surface area contributed by atoms with Gasteiger partial charge >= 0.3 is 5.97 Å². The molecule has 9 nitrogen and oxygen atoms in total. The molecule has 0 amide bonds. The molecule has 1 saturated carbocycles. The Hall–Kier alpha value is -3.44. The molecule has 2 aromatic heterocycles. The largest absolute Gasteiger partial charge is 0.478 e. The molecule has 3 fully saturated rings. The lowest BCUT2D eigenvalue weighted by atomic mass is 10.0. The third-order valence-corrected chi connectivity index (χ3v) is 9.69. The van der Waals surface area contributed by atoms with E-state index < -0.39 is 11.8 Å². The zero-order chi connectivity index (χ0) is 29.6. The van der Waals surface area contributed by atoms with Crippen LogP contribution in [0.5, 0.6) is 11.5 Å². The molecule has 0 bridgehead atoms. The van der Waals surface area contributed by atoms with E-state index in [1.165, 1.54) is 18.3 Å². The van der Waals surface area contributed by atoms with Crippen LogP contribution in [0.2, 0.25) is 10.0 Å². The number of hydrogen-bond donors (Lipinski definition) is 1. The van der Waals surface area contributed by atoms with Gasteiger partial charge in [-0.15, -0.1) is 0 Å². The molecule has 5 atom stereocenters. The van der Waals surface area contributed by atoms with Gasteiger partial charge in [-0.25, -0.2) is 14.2 Å². The number of aromatic nitrogens is 3. The maximum Gasteiger partial charge on any atom is 0.335 e. The van der Waals surface area contributed by atoms with Crippen LogP contribution >= 0.6 is 23.2 Å². The van der Waals surface area contributed by atoms with Gasteiger partial charge in [0, 0.05) is 38.4 Å². The number of carboxylic acid groups (broad SMARTS) is 1. The normalized spacial score (nSPS) is 27.3. The van der Waals surface area contributed by atoms with Gasteiger partial charge < -0.3 is 23.9 Å². The Morgan fingerprint density at radius 2 is 1.95 bits per heavy atom. The number of carbonyl (C=O) groups is 1. The van der Waals surface area contributed by atoms with Gasteiger partial charge in [0.05, 0.1) is 40.3 Å². The maximum atomic E-state index is 15.4. The Balaban J connectivity index is 1.03. The first kappa shape index (κ1) is 27.1. The van der Waals surface area contributed by atoms with Crippen LogP contribution in [0.25, 0.3) is 11.0 Å². The lowest BCUT2D eigenvalue weighted by Crippen LogP contribution is -2.33. The molecule has 1 aliphatic carbocycles. The fourth-order valence-electron chi connectivity index (χ4n) is 6.91. The first-order chi connectivity index (χ1) is 20.7. The summed E-state index contributed by atoms with van der Waals surface area (Å²) in [5, 5.41) is 10.4. The molecule has 0 unspecified atom stereocenters. The van der Waals surface area contributed by atoms with E-state index in [4.69, 9.17) is 42.4 Å². The number of carboxylic acids is 1. The van der Waals surface area contributed by atoms with Crippen molar-refractivity contribution in [2.75, 3.05) is 19.7 Å². The summed E-state index contributed by atoms with van der Waals surface area (Å²) in [5.74, 6) is -0.224. The number of rotatable bonds is 7. The molecule has 2 aromatic carbocycles. The van der Waals surface area contributed by atoms with E-state index in [1.54, 1.807) is 31.2 Å². The summed E-state index contributed by atoms with van der Waals surface area (Å²) < 4.78 is 35.6. The highest BCUT2D eigenvalue weighted by Gasteiger charge is 2.59. The number of nitrogens with zero attached hydrogens (tertiary/aromatic N) is 4. The minimum absolute atomic E-state index is 0.0186. The number of piperidine rings is 1. The van der Waals surface area contributed by atoms with Crippen LogP contribution in [-0.2, 0) is 23.6 Å². The second-order valence-corrected chi connectivity index (χ2v) is 12.7. The Bertz CT molecular complexity index is 1780. The number of ether oxygens (including phenoxy) is 3. The van der Waals surface area contributed by atoms with Crippen LogP contribution in [0.3, 0.4) is 0 Å². The molecule has 5 heterocycles. The molecule has 3 aliphatic heterocycles. The highest BCUT2D eigenvalue weighted by atomic mass is 35.5. The molecule has 43 heavy (non-hydrogen) atoms. The number of fused-ring (bicyclic) bond motifs is 3. The lowest BCUT2D eigenvalue weighted by Gasteiger charge is -2.28. The SMILES string of the molecule is C[C@@]1(c2ccc(Cl)cn2)Oc2ccc(F)c([C@H]3[C@@H]4CN(Cc5nc6c(Cl)cc(C(=O)O)cc6n5C[C@@H]5CCO5)C[C@@H]43)c2O1. The standard InChI is InChI=1S/C31H27Cl2FN4O5/c1-31(24-5-2-16(32)10-35-24)42-23-4-3-21(34)27(29(23)43-31)26-18-12-37(13-19(18)26)14-25-36-28-20(33)8-15(30(39)40)9-22(28)38(25)11-17-6-7-41-17/h2-5,8-10,17-19,26H,6-7,11-14H2,1H3,(H,39,40)/t17-,18-,19+,26+,31+/m0/s1. The monoisotopic (exact) mass is 624 g/mol. The molecule has 4 aromatic rings. The van der Waals surface area contributed by atoms with E-state index in [0.29, 0.717) is 63.5 Å². The van der Waals surface area contributed by atoms with E-state index in [-0.39, 0.29) is 35.2 Å². The Morgan fingerprint density at radius 1 is 1.16 bits per heavy atom. The topological polar surface area (TPSA) is 98.9 Å². The van der Waals surface area contributed by atoms with Crippen LogP contribution < -0.4 is 9.47 Å². The smallest absolute Gasteiger partial charge is 0.335 e. The summed E-state index contributed by atoms with van der Waals surface area (Å²) in [6, 6.07) is 9.59. The summed E-state index contributed by atoms with van der Waals surface area (Å²) in [5.41, 5.74) is 2.51. The third kappa shape index (κ3) is 4.46. The van der Waals surface area contributed by atoms with Gasteiger partial charge in [-0.1, -0.05) is 23.2 Å². The average molecular weight is 625 g/mol. The Morgan fingerprint density at radius 3 is 2.63 bits per heavy atom. The molecule has 12 heteroatoms. The van der Waals surface area contributed by atoms with E-state index in [9.17, 15) is 9.90 Å². The van der Waals surface area contributed by atoms with Crippen LogP contribution in [0, 0.1) is 17.7 Å². The lowest BCUT2D eigenvalue weighted by molar-refractivity contribution is -0.0721. The van der Waals surface area contributed by atoms with Crippen molar-refractivity contribution in [1.82, 2.24) is 19.4 Å². The summed E-state index contributed by atoms with van der Waals surface area (Å²) in [6.07, 6.45) is 2.53. The minimum atomic E-state index is -1.18. The number of hydrogen-bond acceptors (Lipinski definition) is 7. The van der Waals surface area contributed by atoms with Crippen molar-refractivity contribution < 1.29 is 28.5 Å². The highest BCUT2D eigenvalue weighted by molar-refractivity contribution is 6.35. The van der Waals surface area contributed by atoms with Gasteiger partial charge in [-0.05, 0) is 60.6 Å². The predicted molar refractivity (Wildman–Crippen MR) is 155 cm³/mol. The van der Waals surface area contributed by atoms with Gasteiger partial charge in [-0.2, -0.15) is 0 Å². The fraction of sp³-hybridized carbons (Fsp3) is 0.387. The summed E-state index contributed by atoms with van der Waals surface area (Å²) in [7, 11) is 0. The van der Waals surface area contributed by atoms with Crippen molar-refractivity contribution in [2.24, 2.45) is 11.8 Å². The maximum absolute atomic E-state index is 15.4. The summed E-state index contributed by atoms with van der Waals surface area (Å²) in [6.45, 7) is 5.17. The molecule has 1 N–H and O–H groups in total. The first-order valence-corrected chi connectivity index (χ1v) is 15.0. The van der Waals surface area contributed by atoms with Crippen molar-refractivity contribution in [1.29, 1.82) is 0 Å². The Kier molecular flexibility index (Phi) is 6.17. The van der Waals surface area contributed by atoms with E-state index in [0.717, 1.165) is 25.3 Å². The number of aromatic carboxylic acids is 1. The van der Waals surface area contributed by atoms with Crippen LogP contribution in [0.4, 0.5) is 4.39 Å². The quantitative estimate of drug-likeness (QED) is 0.273. The van der Waals surface area contributed by atoms with Crippen LogP contribution in [-0.4, -0.2) is 56.3 Å². The molecule has 2 saturated heterocycles. The molecular formula is C31H27Cl2FN4O5. The number of likely N-dealkylation sites (tertiary alicyclic amines) is 1. The van der Waals surface area contributed by atoms with Gasteiger partial charge in [0.2, 0.25) is 0 Å². The first-order valence-electron chi connectivity index (χ1n) is 14.3. The van der Waals surface area contributed by atoms with Crippen molar-refractivity contribution in [3.05, 3.63) is 81.1 Å². The van der Waals surface area contributed by atoms with Crippen molar-refractivity contribution >= 4 is 40.2 Å². The third-order valence-electron chi connectivity index (χ3n) is 9.18. The second-order valence-electron chi connectivity index (χ2n) is 11.9. The molecule has 0 spiro atoms. The van der Waals surface area contributed by atoms with E-state index in [1.807, 2.05) is 4.57 Å². The zero-order valence-electron chi connectivity index (χ0n) is 23.1. The summed E-state index contributed by atoms with van der Waals surface area (Å²) in [4.78, 5) is 23.2. The van der Waals surface area contributed by atoms with Crippen molar-refractivity contribution in [3.63, 3.8) is 0 Å². The van der Waals surface area contributed by atoms with Crippen LogP contribution in [0.1, 0.15) is 46.7 Å². The second kappa shape index (κ2) is 9.79. The predicted octanol–water partition coefficient (Wildman–Crippen LogP) is 5.85. The molecular weight excluding hydrogens is 598 g/mol. The Labute approximate surface area is 256 Å². The van der Waals surface area contributed by atoms with E-state index >= 15 is 4.39 Å². The van der Waals surface area contributed by atoms with Crippen molar-refractivity contribution in [3.8, 4) is 11.5 Å². The molecule has 8 rings (SSSR count). The number of halogens is 3. The average Bonchev–Trinajstić information content (AvgIpc) is 3.25.